The molecule has 0 aliphatic heterocycles. The number of hydrogen-bond donors (Lipinski definition) is 3. The maximum absolute atomic E-state index is 12.8. The lowest BCUT2D eigenvalue weighted by atomic mass is 9.85. The van der Waals surface area contributed by atoms with Crippen molar-refractivity contribution in [3.8, 4) is 0 Å². The summed E-state index contributed by atoms with van der Waals surface area (Å²) in [5.74, 6) is -0.296. The Bertz CT molecular complexity index is 1330. The van der Waals surface area contributed by atoms with E-state index in [0.717, 1.165) is 49.1 Å². The van der Waals surface area contributed by atoms with E-state index in [1.807, 2.05) is 4.90 Å². The molecule has 0 heterocycles. The summed E-state index contributed by atoms with van der Waals surface area (Å²) in [5, 5.41) is 22.4. The van der Waals surface area contributed by atoms with E-state index in [1.54, 1.807) is 48.0 Å². The Kier molecular flexibility index (Phi) is 11.3. The normalized spacial score (nSPS) is 15.1. The number of aliphatic hydroxyl groups excluding tert-OH is 1. The standard InChI is InChI=1S/C27H32N2O8S2/c1-3-4-5-6-17-29(21-9-13-23(14-10-21)39(33,34)35)19-16-25-26(30)24(27(25)31)15-18-28(2)20-7-11-22(12-8-20)38-37-36-32/h7-15,30,32H,3-6,16-17,19H2,1-2H3,(H,33,34,35)/b24-15+. The first-order chi connectivity index (χ1) is 18.7. The molecule has 0 radical (unpaired) electrons. The third kappa shape index (κ3) is 8.49. The van der Waals surface area contributed by atoms with Gasteiger partial charge in [0.1, 0.15) is 24.7 Å². The minimum atomic E-state index is -4.28. The van der Waals surface area contributed by atoms with Crippen LogP contribution in [-0.2, 0) is 24.3 Å². The fourth-order valence-corrected chi connectivity index (χ4v) is 4.87. The number of aliphatic hydroxyl groups is 1. The van der Waals surface area contributed by atoms with E-state index in [0.29, 0.717) is 30.0 Å². The van der Waals surface area contributed by atoms with Gasteiger partial charge in [-0.05, 0) is 54.8 Å². The Morgan fingerprint density at radius 1 is 1.05 bits per heavy atom. The molecule has 0 aromatic heterocycles. The van der Waals surface area contributed by atoms with Crippen molar-refractivity contribution < 1.29 is 42.1 Å². The van der Waals surface area contributed by atoms with Crippen molar-refractivity contribution in [3.63, 3.8) is 0 Å². The van der Waals surface area contributed by atoms with Gasteiger partial charge in [-0.1, -0.05) is 49.4 Å². The molecule has 0 atom stereocenters. The molecule has 1 aliphatic carbocycles. The minimum absolute atomic E-state index is 0.0542. The molecule has 210 valence electrons. The van der Waals surface area contributed by atoms with Crippen molar-refractivity contribution in [1.29, 1.82) is 0 Å². The zero-order valence-corrected chi connectivity index (χ0v) is 23.4. The van der Waals surface area contributed by atoms with E-state index in [-0.39, 0.29) is 22.0 Å². The molecule has 10 nitrogen and oxygen atoms in total. The number of carbonyl (C=O) groups is 1. The van der Waals surface area contributed by atoms with Gasteiger partial charge in [0.05, 0.1) is 22.7 Å². The maximum Gasteiger partial charge on any atom is 0.294 e. The number of rotatable bonds is 15. The summed E-state index contributed by atoms with van der Waals surface area (Å²) < 4.78 is 38.1. The number of unbranched alkanes of at least 4 members (excludes halogenated alkanes) is 3. The Hall–Kier alpha value is -3.00. The Morgan fingerprint density at radius 3 is 2.33 bits per heavy atom. The van der Waals surface area contributed by atoms with Gasteiger partial charge in [0.2, 0.25) is 0 Å². The van der Waals surface area contributed by atoms with Gasteiger partial charge >= 0.3 is 0 Å². The van der Waals surface area contributed by atoms with Gasteiger partial charge in [0.15, 0.2) is 0 Å². The highest BCUT2D eigenvalue weighted by Gasteiger charge is 2.28. The van der Waals surface area contributed by atoms with E-state index >= 15 is 0 Å². The highest BCUT2D eigenvalue weighted by atomic mass is 32.2. The minimum Gasteiger partial charge on any atom is -0.520 e. The molecule has 0 saturated heterocycles. The highest BCUT2D eigenvalue weighted by Crippen LogP contribution is 2.31. The average Bonchev–Trinajstić information content (AvgIpc) is 2.93. The van der Waals surface area contributed by atoms with E-state index < -0.39 is 10.1 Å². The number of allylic oxidation sites excluding steroid dienone is 2. The fraction of sp³-hybridized carbons (Fsp3) is 0.333. The predicted molar refractivity (Wildman–Crippen MR) is 148 cm³/mol. The summed E-state index contributed by atoms with van der Waals surface area (Å²) in [5.41, 5.74) is 2.07. The smallest absolute Gasteiger partial charge is 0.294 e. The fourth-order valence-electron chi connectivity index (χ4n) is 4.03. The Balaban J connectivity index is 1.68. The van der Waals surface area contributed by atoms with E-state index in [1.165, 1.54) is 18.2 Å². The van der Waals surface area contributed by atoms with Crippen LogP contribution in [0.15, 0.2) is 81.3 Å². The number of anilines is 1. The molecule has 0 bridgehead atoms. The van der Waals surface area contributed by atoms with Crippen molar-refractivity contribution in [3.05, 3.63) is 71.5 Å². The summed E-state index contributed by atoms with van der Waals surface area (Å²) in [4.78, 5) is 15.3. The monoisotopic (exact) mass is 576 g/mol. The first-order valence-corrected chi connectivity index (χ1v) is 14.6. The molecule has 0 amide bonds. The SMILES string of the molecule is CCCCCCN(CCC1=C(O)/C(=C\[C-]=[N+](C)c2ccc(SOOO)cc2)C1=O)c1ccc(S(=O)(=O)O)cc1. The molecule has 12 heteroatoms. The van der Waals surface area contributed by atoms with E-state index in [4.69, 9.17) is 5.26 Å². The predicted octanol–water partition coefficient (Wildman–Crippen LogP) is 5.38. The molecule has 0 unspecified atom stereocenters. The van der Waals surface area contributed by atoms with Crippen LogP contribution in [0.3, 0.4) is 0 Å². The zero-order valence-electron chi connectivity index (χ0n) is 21.7. The molecule has 39 heavy (non-hydrogen) atoms. The van der Waals surface area contributed by atoms with Crippen LogP contribution in [0.1, 0.15) is 39.0 Å². The summed E-state index contributed by atoms with van der Waals surface area (Å²) >= 11 is 0.841. The van der Waals surface area contributed by atoms with E-state index in [9.17, 15) is 22.9 Å². The van der Waals surface area contributed by atoms with Crippen LogP contribution in [-0.4, -0.2) is 60.0 Å². The molecule has 1 aliphatic rings. The molecule has 0 fully saturated rings. The number of benzene rings is 2. The quantitative estimate of drug-likeness (QED) is 0.0292. The average molecular weight is 577 g/mol. The lowest BCUT2D eigenvalue weighted by molar-refractivity contribution is -0.432. The zero-order chi connectivity index (χ0) is 28.4. The first kappa shape index (κ1) is 30.5. The highest BCUT2D eigenvalue weighted by molar-refractivity contribution is 7.94. The summed E-state index contributed by atoms with van der Waals surface area (Å²) in [6.45, 7) is 3.29. The number of nitrogens with zero attached hydrogens (tertiary/aromatic N) is 2. The molecule has 2 aromatic rings. The second-order valence-corrected chi connectivity index (χ2v) is 11.1. The molecule has 0 saturated carbocycles. The van der Waals surface area contributed by atoms with Crippen LogP contribution in [0.2, 0.25) is 0 Å². The van der Waals surface area contributed by atoms with Crippen molar-refractivity contribution in [2.24, 2.45) is 0 Å². The van der Waals surface area contributed by atoms with Crippen LogP contribution in [0, 0.1) is 0 Å². The molecule has 3 N–H and O–H groups in total. The Labute approximate surface area is 232 Å². The summed E-state index contributed by atoms with van der Waals surface area (Å²) in [6.07, 6.45) is 8.90. The first-order valence-electron chi connectivity index (χ1n) is 12.4. The van der Waals surface area contributed by atoms with Crippen molar-refractivity contribution in [2.45, 2.75) is 48.8 Å². The van der Waals surface area contributed by atoms with Crippen molar-refractivity contribution in [2.75, 3.05) is 25.0 Å². The Morgan fingerprint density at radius 2 is 1.74 bits per heavy atom. The van der Waals surface area contributed by atoms with Gasteiger partial charge in [-0.15, -0.1) is 4.33 Å². The third-order valence-corrected chi connectivity index (χ3v) is 7.72. The summed E-state index contributed by atoms with van der Waals surface area (Å²) in [7, 11) is -2.53. The lowest BCUT2D eigenvalue weighted by Crippen LogP contribution is -2.30. The molecule has 0 spiro atoms. The van der Waals surface area contributed by atoms with Crippen molar-refractivity contribution in [1.82, 2.24) is 0 Å². The lowest BCUT2D eigenvalue weighted by Gasteiger charge is -2.29. The van der Waals surface area contributed by atoms with Crippen LogP contribution in [0.5, 0.6) is 0 Å². The summed E-state index contributed by atoms with van der Waals surface area (Å²) in [6, 6.07) is 13.0. The number of Topliss-reactive ketones (excluding diaryl/α,β-unsaturated/α-hetero) is 1. The number of ketones is 1. The van der Waals surface area contributed by atoms with Crippen molar-refractivity contribution >= 4 is 45.5 Å². The second-order valence-electron chi connectivity index (χ2n) is 8.89. The van der Waals surface area contributed by atoms with Gasteiger partial charge in [0.25, 0.3) is 10.1 Å². The van der Waals surface area contributed by atoms with Gasteiger partial charge < -0.3 is 19.4 Å². The molecule has 2 aromatic carbocycles. The van der Waals surface area contributed by atoms with Gasteiger partial charge in [-0.25, -0.2) is 5.26 Å². The molecular weight excluding hydrogens is 544 g/mol. The van der Waals surface area contributed by atoms with Crippen LogP contribution in [0.25, 0.3) is 0 Å². The number of hydrogen-bond acceptors (Lipinski definition) is 9. The number of carbonyl (C=O) groups excluding carboxylic acids is 1. The topological polar surface area (TPSA) is 137 Å². The second kappa shape index (κ2) is 14.4. The van der Waals surface area contributed by atoms with Crippen LogP contribution in [0.4, 0.5) is 11.4 Å². The third-order valence-electron chi connectivity index (χ3n) is 6.26. The van der Waals surface area contributed by atoms with E-state index in [2.05, 4.69) is 22.5 Å². The van der Waals surface area contributed by atoms with Gasteiger partial charge in [0, 0.05) is 29.2 Å². The van der Waals surface area contributed by atoms with Crippen LogP contribution < -0.4 is 4.90 Å². The molecular formula is C27H32N2O8S2. The largest absolute Gasteiger partial charge is 0.520 e. The molecule has 3 rings (SSSR count). The van der Waals surface area contributed by atoms with Gasteiger partial charge in [-0.2, -0.15) is 8.42 Å². The maximum atomic E-state index is 12.8. The van der Waals surface area contributed by atoms with Gasteiger partial charge in [-0.3, -0.25) is 4.55 Å². The van der Waals surface area contributed by atoms with Crippen LogP contribution >= 0.6 is 12.0 Å².